The van der Waals surface area contributed by atoms with Crippen LogP contribution >= 0.6 is 22.9 Å². The molecule has 0 amide bonds. The number of nitrogens with zero attached hydrogens (tertiary/aromatic N) is 3. The van der Waals surface area contributed by atoms with Crippen LogP contribution in [0.3, 0.4) is 0 Å². The fourth-order valence-electron chi connectivity index (χ4n) is 3.14. The summed E-state index contributed by atoms with van der Waals surface area (Å²) in [5.41, 5.74) is 7.81. The second-order valence-electron chi connectivity index (χ2n) is 6.09. The third kappa shape index (κ3) is 2.55. The van der Waals surface area contributed by atoms with E-state index in [1.807, 2.05) is 0 Å². The molecule has 2 heterocycles. The molecule has 1 aliphatic carbocycles. The first kappa shape index (κ1) is 15.1. The lowest BCUT2D eigenvalue weighted by atomic mass is 9.83. The molecule has 1 aromatic carbocycles. The van der Waals surface area contributed by atoms with E-state index >= 15 is 0 Å². The van der Waals surface area contributed by atoms with Crippen LogP contribution in [0.15, 0.2) is 24.4 Å². The molecule has 0 spiro atoms. The summed E-state index contributed by atoms with van der Waals surface area (Å²) in [7, 11) is 0. The van der Waals surface area contributed by atoms with E-state index in [0.717, 1.165) is 46.9 Å². The molecule has 1 fully saturated rings. The van der Waals surface area contributed by atoms with E-state index in [9.17, 15) is 4.39 Å². The van der Waals surface area contributed by atoms with Gasteiger partial charge in [0.25, 0.3) is 0 Å². The lowest BCUT2D eigenvalue weighted by molar-refractivity contribution is 0.299. The molecule has 0 saturated heterocycles. The van der Waals surface area contributed by atoms with Gasteiger partial charge in [-0.15, -0.1) is 0 Å². The summed E-state index contributed by atoms with van der Waals surface area (Å²) in [5.74, 6) is -0.432. The smallest absolute Gasteiger partial charge is 0.212 e. The topological polar surface area (TPSA) is 56.2 Å². The summed E-state index contributed by atoms with van der Waals surface area (Å²) in [4.78, 5) is 5.22. The zero-order valence-corrected chi connectivity index (χ0v) is 14.0. The van der Waals surface area contributed by atoms with Crippen molar-refractivity contribution in [1.82, 2.24) is 14.6 Å². The highest BCUT2D eigenvalue weighted by atomic mass is 35.5. The Kier molecular flexibility index (Phi) is 3.63. The molecule has 3 aromatic rings. The maximum Gasteiger partial charge on any atom is 0.212 e. The fourth-order valence-corrected chi connectivity index (χ4v) is 4.36. The van der Waals surface area contributed by atoms with Crippen LogP contribution in [0.25, 0.3) is 16.2 Å². The largest absolute Gasteiger partial charge is 0.319 e. The van der Waals surface area contributed by atoms with Crippen molar-refractivity contribution in [3.05, 3.63) is 40.2 Å². The van der Waals surface area contributed by atoms with Crippen molar-refractivity contribution in [2.24, 2.45) is 5.73 Å². The minimum absolute atomic E-state index is 0.0930. The highest BCUT2D eigenvalue weighted by Gasteiger charge is 2.33. The van der Waals surface area contributed by atoms with Crippen molar-refractivity contribution in [2.45, 2.75) is 37.6 Å². The number of benzene rings is 1. The average molecular weight is 351 g/mol. The van der Waals surface area contributed by atoms with Gasteiger partial charge in [-0.3, -0.25) is 0 Å². The Labute approximate surface area is 142 Å². The van der Waals surface area contributed by atoms with Crippen LogP contribution in [0.1, 0.15) is 37.1 Å². The van der Waals surface area contributed by atoms with E-state index in [1.165, 1.54) is 23.8 Å². The fraction of sp³-hybridized carbons (Fsp3) is 0.375. The van der Waals surface area contributed by atoms with E-state index in [-0.39, 0.29) is 10.6 Å². The molecular formula is C16H16ClFN4S. The zero-order chi connectivity index (χ0) is 16.0. The monoisotopic (exact) mass is 350 g/mol. The van der Waals surface area contributed by atoms with Gasteiger partial charge < -0.3 is 5.73 Å². The second kappa shape index (κ2) is 5.54. The minimum Gasteiger partial charge on any atom is -0.319 e. The zero-order valence-electron chi connectivity index (χ0n) is 12.4. The molecule has 23 heavy (non-hydrogen) atoms. The minimum atomic E-state index is -0.432. The Morgan fingerprint density at radius 2 is 2.04 bits per heavy atom. The number of hydrogen-bond donors (Lipinski definition) is 1. The number of aromatic nitrogens is 3. The Balaban J connectivity index is 1.79. The third-order valence-electron chi connectivity index (χ3n) is 4.47. The SMILES string of the molecule is NC1(c2nn3c(-c4ccc(F)c(Cl)c4)cnc3s2)CCCCC1. The molecule has 0 atom stereocenters. The van der Waals surface area contributed by atoms with Crippen molar-refractivity contribution in [1.29, 1.82) is 0 Å². The van der Waals surface area contributed by atoms with Gasteiger partial charge in [-0.2, -0.15) is 5.10 Å². The van der Waals surface area contributed by atoms with Gasteiger partial charge in [0.2, 0.25) is 4.96 Å². The van der Waals surface area contributed by atoms with Crippen LogP contribution in [0.4, 0.5) is 4.39 Å². The number of nitrogens with two attached hydrogens (primary N) is 1. The molecule has 0 unspecified atom stereocenters. The van der Waals surface area contributed by atoms with Crippen LogP contribution < -0.4 is 5.73 Å². The van der Waals surface area contributed by atoms with Crippen molar-refractivity contribution in [2.75, 3.05) is 0 Å². The van der Waals surface area contributed by atoms with Gasteiger partial charge in [0.05, 0.1) is 22.5 Å². The van der Waals surface area contributed by atoms with Crippen molar-refractivity contribution >= 4 is 27.9 Å². The highest BCUT2D eigenvalue weighted by Crippen LogP contribution is 2.37. The van der Waals surface area contributed by atoms with E-state index in [4.69, 9.17) is 22.4 Å². The summed E-state index contributed by atoms with van der Waals surface area (Å²) >= 11 is 7.42. The molecule has 7 heteroatoms. The van der Waals surface area contributed by atoms with Gasteiger partial charge in [0.15, 0.2) is 0 Å². The van der Waals surface area contributed by atoms with Crippen molar-refractivity contribution < 1.29 is 4.39 Å². The predicted octanol–water partition coefficient (Wildman–Crippen LogP) is 4.37. The number of rotatable bonds is 2. The molecule has 0 aliphatic heterocycles. The first-order valence-electron chi connectivity index (χ1n) is 7.66. The number of fused-ring (bicyclic) bond motifs is 1. The van der Waals surface area contributed by atoms with Crippen LogP contribution in [0, 0.1) is 5.82 Å². The predicted molar refractivity (Wildman–Crippen MR) is 90.2 cm³/mol. The lowest BCUT2D eigenvalue weighted by Gasteiger charge is -2.30. The number of halogens is 2. The first-order chi connectivity index (χ1) is 11.1. The van der Waals surface area contributed by atoms with E-state index in [0.29, 0.717) is 0 Å². The van der Waals surface area contributed by atoms with Gasteiger partial charge in [-0.25, -0.2) is 13.9 Å². The molecule has 4 nitrogen and oxygen atoms in total. The van der Waals surface area contributed by atoms with Crippen molar-refractivity contribution in [3.63, 3.8) is 0 Å². The maximum absolute atomic E-state index is 13.4. The molecule has 2 aromatic heterocycles. The molecule has 1 aliphatic rings. The Bertz CT molecular complexity index is 866. The summed E-state index contributed by atoms with van der Waals surface area (Å²) in [6.45, 7) is 0. The summed E-state index contributed by atoms with van der Waals surface area (Å²) in [6, 6.07) is 4.64. The van der Waals surface area contributed by atoms with Gasteiger partial charge in [-0.1, -0.05) is 42.2 Å². The van der Waals surface area contributed by atoms with Crippen LogP contribution in [-0.2, 0) is 5.54 Å². The molecule has 0 radical (unpaired) electrons. The van der Waals surface area contributed by atoms with E-state index < -0.39 is 5.82 Å². The molecule has 2 N–H and O–H groups in total. The maximum atomic E-state index is 13.4. The average Bonchev–Trinajstić information content (AvgIpc) is 3.12. The lowest BCUT2D eigenvalue weighted by Crippen LogP contribution is -2.38. The van der Waals surface area contributed by atoms with Crippen LogP contribution in [-0.4, -0.2) is 14.6 Å². The normalized spacial score (nSPS) is 17.7. The summed E-state index contributed by atoms with van der Waals surface area (Å²) < 4.78 is 15.2. The van der Waals surface area contributed by atoms with Gasteiger partial charge in [-0.05, 0) is 31.0 Å². The van der Waals surface area contributed by atoms with Crippen molar-refractivity contribution in [3.8, 4) is 11.3 Å². The third-order valence-corrected chi connectivity index (χ3v) is 5.90. The Hall–Kier alpha value is -1.50. The van der Waals surface area contributed by atoms with E-state index in [1.54, 1.807) is 22.8 Å². The second-order valence-corrected chi connectivity index (χ2v) is 7.45. The first-order valence-corrected chi connectivity index (χ1v) is 8.86. The van der Waals surface area contributed by atoms with Gasteiger partial charge in [0.1, 0.15) is 10.8 Å². The van der Waals surface area contributed by atoms with Crippen LogP contribution in [0.5, 0.6) is 0 Å². The standard InChI is InChI=1S/C16H16ClFN4S/c17-11-8-10(4-5-12(11)18)13-9-20-15-22(13)21-14(23-15)16(19)6-2-1-3-7-16/h4-5,8-9H,1-3,6-7,19H2. The molecule has 4 rings (SSSR count). The number of hydrogen-bond acceptors (Lipinski definition) is 4. The molecule has 120 valence electrons. The quantitative estimate of drug-likeness (QED) is 0.746. The van der Waals surface area contributed by atoms with Crippen LogP contribution in [0.2, 0.25) is 5.02 Å². The van der Waals surface area contributed by atoms with Gasteiger partial charge >= 0.3 is 0 Å². The molecule has 1 saturated carbocycles. The summed E-state index contributed by atoms with van der Waals surface area (Å²) in [5, 5.41) is 5.73. The molecular weight excluding hydrogens is 335 g/mol. The van der Waals surface area contributed by atoms with E-state index in [2.05, 4.69) is 4.98 Å². The highest BCUT2D eigenvalue weighted by molar-refractivity contribution is 7.16. The Morgan fingerprint density at radius 3 is 2.78 bits per heavy atom. The molecule has 0 bridgehead atoms. The van der Waals surface area contributed by atoms with Gasteiger partial charge in [0, 0.05) is 5.56 Å². The summed E-state index contributed by atoms with van der Waals surface area (Å²) in [6.07, 6.45) is 7.16. The Morgan fingerprint density at radius 1 is 1.26 bits per heavy atom. The number of imidazole rings is 1.